The number of hydrogen-bond acceptors (Lipinski definition) is 3. The topological polar surface area (TPSA) is 49.3 Å². The summed E-state index contributed by atoms with van der Waals surface area (Å²) in [6, 6.07) is 18.5. The number of nitrogens with one attached hydrogen (secondary N) is 1. The summed E-state index contributed by atoms with van der Waals surface area (Å²) in [6.07, 6.45) is 0. The molecular weight excluding hydrogens is 270 g/mol. The number of carboxylic acids is 1. The largest absolute Gasteiger partial charge is 0.479 e. The van der Waals surface area contributed by atoms with Gasteiger partial charge in [-0.05, 0) is 29.7 Å². The fourth-order valence-corrected chi connectivity index (χ4v) is 3.21. The highest BCUT2D eigenvalue weighted by Gasteiger charge is 2.21. The van der Waals surface area contributed by atoms with E-state index >= 15 is 0 Å². The molecule has 3 nitrogen and oxygen atoms in total. The number of para-hydroxylation sites is 1. The van der Waals surface area contributed by atoms with Gasteiger partial charge in [-0.3, -0.25) is 0 Å². The molecule has 0 bridgehead atoms. The van der Waals surface area contributed by atoms with Gasteiger partial charge in [-0.1, -0.05) is 36.4 Å². The Bertz CT molecular complexity index is 703. The van der Waals surface area contributed by atoms with Crippen LogP contribution in [0, 0.1) is 0 Å². The first-order valence-corrected chi connectivity index (χ1v) is 7.08. The van der Waals surface area contributed by atoms with E-state index in [1.807, 2.05) is 60.7 Å². The van der Waals surface area contributed by atoms with E-state index in [0.29, 0.717) is 0 Å². The lowest BCUT2D eigenvalue weighted by molar-refractivity contribution is -0.138. The number of benzene rings is 2. The molecule has 3 rings (SSSR count). The van der Waals surface area contributed by atoms with Crippen molar-refractivity contribution in [3.05, 3.63) is 65.5 Å². The molecule has 3 aromatic rings. The number of anilines is 1. The van der Waals surface area contributed by atoms with Crippen LogP contribution in [0.25, 0.3) is 10.1 Å². The van der Waals surface area contributed by atoms with Crippen LogP contribution in [0.5, 0.6) is 0 Å². The zero-order valence-electron chi connectivity index (χ0n) is 10.6. The van der Waals surface area contributed by atoms with Crippen molar-refractivity contribution in [1.29, 1.82) is 0 Å². The second-order valence-corrected chi connectivity index (χ2v) is 5.58. The monoisotopic (exact) mass is 283 g/mol. The molecule has 1 heterocycles. The minimum Gasteiger partial charge on any atom is -0.479 e. The highest BCUT2D eigenvalue weighted by molar-refractivity contribution is 7.19. The first-order chi connectivity index (χ1) is 9.74. The minimum atomic E-state index is -0.875. The fourth-order valence-electron chi connectivity index (χ4n) is 2.10. The average Bonchev–Trinajstić information content (AvgIpc) is 2.89. The van der Waals surface area contributed by atoms with E-state index < -0.39 is 12.0 Å². The zero-order chi connectivity index (χ0) is 13.9. The molecule has 0 spiro atoms. The smallest absolute Gasteiger partial charge is 0.331 e. The normalized spacial score (nSPS) is 12.2. The van der Waals surface area contributed by atoms with Crippen molar-refractivity contribution in [2.24, 2.45) is 0 Å². The molecule has 0 aliphatic heterocycles. The van der Waals surface area contributed by atoms with Gasteiger partial charge in [-0.25, -0.2) is 4.79 Å². The number of fused-ring (bicyclic) bond motifs is 1. The predicted molar refractivity (Wildman–Crippen MR) is 82.3 cm³/mol. The van der Waals surface area contributed by atoms with E-state index in [-0.39, 0.29) is 0 Å². The van der Waals surface area contributed by atoms with Gasteiger partial charge in [0.05, 0.1) is 0 Å². The molecule has 2 N–H and O–H groups in total. The van der Waals surface area contributed by atoms with Crippen LogP contribution in [-0.4, -0.2) is 11.1 Å². The Labute approximate surface area is 120 Å². The molecule has 0 saturated carbocycles. The maximum absolute atomic E-state index is 11.5. The number of thiophene rings is 1. The van der Waals surface area contributed by atoms with Crippen LogP contribution >= 0.6 is 11.3 Å². The van der Waals surface area contributed by atoms with Gasteiger partial charge >= 0.3 is 5.97 Å². The molecule has 0 radical (unpaired) electrons. The van der Waals surface area contributed by atoms with Crippen molar-refractivity contribution in [1.82, 2.24) is 0 Å². The summed E-state index contributed by atoms with van der Waals surface area (Å²) in [5.74, 6) is -0.875. The third-order valence-electron chi connectivity index (χ3n) is 3.06. The first kappa shape index (κ1) is 12.7. The summed E-state index contributed by atoms with van der Waals surface area (Å²) < 4.78 is 1.10. The molecule has 0 fully saturated rings. The number of carbonyl (C=O) groups is 1. The minimum absolute atomic E-state index is 0.727. The lowest BCUT2D eigenvalue weighted by atomic mass is 10.2. The Morgan fingerprint density at radius 2 is 1.75 bits per heavy atom. The van der Waals surface area contributed by atoms with Crippen molar-refractivity contribution >= 4 is 33.1 Å². The van der Waals surface area contributed by atoms with E-state index in [0.717, 1.165) is 20.7 Å². The predicted octanol–water partition coefficient (Wildman–Crippen LogP) is 4.14. The SMILES string of the molecule is O=C(O)C(Nc1ccccc1)c1cc2ccccc2s1. The second-order valence-electron chi connectivity index (χ2n) is 4.47. The van der Waals surface area contributed by atoms with E-state index in [9.17, 15) is 9.90 Å². The molecule has 1 aromatic heterocycles. The van der Waals surface area contributed by atoms with Crippen LogP contribution in [-0.2, 0) is 4.79 Å². The van der Waals surface area contributed by atoms with Gasteiger partial charge in [0, 0.05) is 15.3 Å². The second kappa shape index (κ2) is 5.35. The molecule has 100 valence electrons. The Hall–Kier alpha value is -2.33. The van der Waals surface area contributed by atoms with Gasteiger partial charge in [0.25, 0.3) is 0 Å². The lowest BCUT2D eigenvalue weighted by Gasteiger charge is -2.13. The van der Waals surface area contributed by atoms with Crippen molar-refractivity contribution < 1.29 is 9.90 Å². The molecule has 0 amide bonds. The van der Waals surface area contributed by atoms with Gasteiger partial charge in [0.1, 0.15) is 0 Å². The van der Waals surface area contributed by atoms with Gasteiger partial charge < -0.3 is 10.4 Å². The molecule has 0 aliphatic rings. The Kier molecular flexibility index (Phi) is 3.39. The first-order valence-electron chi connectivity index (χ1n) is 6.27. The quantitative estimate of drug-likeness (QED) is 0.756. The van der Waals surface area contributed by atoms with Crippen LogP contribution in [0.2, 0.25) is 0 Å². The van der Waals surface area contributed by atoms with E-state index in [1.54, 1.807) is 0 Å². The molecule has 0 aliphatic carbocycles. The van der Waals surface area contributed by atoms with Crippen molar-refractivity contribution in [2.75, 3.05) is 5.32 Å². The third kappa shape index (κ3) is 2.51. The van der Waals surface area contributed by atoms with Crippen molar-refractivity contribution in [2.45, 2.75) is 6.04 Å². The summed E-state index contributed by atoms with van der Waals surface area (Å²) in [4.78, 5) is 12.3. The molecule has 4 heteroatoms. The average molecular weight is 283 g/mol. The molecule has 1 unspecified atom stereocenters. The van der Waals surface area contributed by atoms with Crippen LogP contribution in [0.4, 0.5) is 5.69 Å². The van der Waals surface area contributed by atoms with Gasteiger partial charge in [-0.15, -0.1) is 11.3 Å². The lowest BCUT2D eigenvalue weighted by Crippen LogP contribution is -2.19. The maximum atomic E-state index is 11.5. The van der Waals surface area contributed by atoms with Crippen molar-refractivity contribution in [3.8, 4) is 0 Å². The Morgan fingerprint density at radius 3 is 2.45 bits per heavy atom. The highest BCUT2D eigenvalue weighted by atomic mass is 32.1. The number of rotatable bonds is 4. The maximum Gasteiger partial charge on any atom is 0.331 e. The summed E-state index contributed by atoms with van der Waals surface area (Å²) in [6.45, 7) is 0. The molecule has 1 atom stereocenters. The van der Waals surface area contributed by atoms with E-state index in [2.05, 4.69) is 5.32 Å². The summed E-state index contributed by atoms with van der Waals surface area (Å²) >= 11 is 1.51. The summed E-state index contributed by atoms with van der Waals surface area (Å²) in [5.41, 5.74) is 0.803. The standard InChI is InChI=1S/C16H13NO2S/c18-16(19)15(17-12-7-2-1-3-8-12)14-10-11-6-4-5-9-13(11)20-14/h1-10,15,17H,(H,18,19). The van der Waals surface area contributed by atoms with Crippen molar-refractivity contribution in [3.63, 3.8) is 0 Å². The van der Waals surface area contributed by atoms with Crippen LogP contribution in [0.1, 0.15) is 10.9 Å². The molecule has 2 aromatic carbocycles. The molecular formula is C16H13NO2S. The highest BCUT2D eigenvalue weighted by Crippen LogP contribution is 2.31. The third-order valence-corrected chi connectivity index (χ3v) is 4.24. The van der Waals surface area contributed by atoms with Crippen LogP contribution < -0.4 is 5.32 Å². The molecule has 20 heavy (non-hydrogen) atoms. The van der Waals surface area contributed by atoms with Gasteiger partial charge in [0.15, 0.2) is 6.04 Å². The molecule has 0 saturated heterocycles. The van der Waals surface area contributed by atoms with E-state index in [1.165, 1.54) is 11.3 Å². The summed E-state index contributed by atoms with van der Waals surface area (Å²) in [7, 11) is 0. The van der Waals surface area contributed by atoms with Crippen LogP contribution in [0.15, 0.2) is 60.7 Å². The van der Waals surface area contributed by atoms with Crippen LogP contribution in [0.3, 0.4) is 0 Å². The Morgan fingerprint density at radius 1 is 1.05 bits per heavy atom. The summed E-state index contributed by atoms with van der Waals surface area (Å²) in [5, 5.41) is 13.6. The fraction of sp³-hybridized carbons (Fsp3) is 0.0625. The zero-order valence-corrected chi connectivity index (χ0v) is 11.4. The van der Waals surface area contributed by atoms with E-state index in [4.69, 9.17) is 0 Å². The number of hydrogen-bond donors (Lipinski definition) is 2. The Balaban J connectivity index is 1.96. The number of carboxylic acid groups (broad SMARTS) is 1. The number of aliphatic carboxylic acids is 1. The van der Waals surface area contributed by atoms with Gasteiger partial charge in [-0.2, -0.15) is 0 Å². The van der Waals surface area contributed by atoms with Gasteiger partial charge in [0.2, 0.25) is 0 Å².